The van der Waals surface area contributed by atoms with E-state index >= 15 is 0 Å². The van der Waals surface area contributed by atoms with Crippen molar-refractivity contribution in [1.29, 1.82) is 0 Å². The van der Waals surface area contributed by atoms with Crippen molar-refractivity contribution in [3.63, 3.8) is 0 Å². The number of hydroxylamine groups is 2. The van der Waals surface area contributed by atoms with Gasteiger partial charge in [-0.25, -0.2) is 0 Å². The van der Waals surface area contributed by atoms with Crippen molar-refractivity contribution in [1.82, 2.24) is 5.06 Å². The normalized spacial score (nSPS) is 31.6. The molecule has 0 radical (unpaired) electrons. The molecule has 7 heteroatoms. The first-order valence-corrected chi connectivity index (χ1v) is 9.37. The molecule has 2 amide bonds. The SMILES string of the molecule is Cc1ccc(S(=O)(=O)ON2C(=O)C3C4C=CC(CC4)C3C2=O)cc1. The summed E-state index contributed by atoms with van der Waals surface area (Å²) in [5.41, 5.74) is 0.899. The highest BCUT2D eigenvalue weighted by atomic mass is 32.2. The number of fused-ring (bicyclic) bond motifs is 1. The first-order valence-electron chi connectivity index (χ1n) is 7.96. The molecule has 4 aliphatic rings. The summed E-state index contributed by atoms with van der Waals surface area (Å²) in [4.78, 5) is 25.1. The number of hydrogen-bond acceptors (Lipinski definition) is 5. The Morgan fingerprint density at radius 2 is 1.46 bits per heavy atom. The second-order valence-corrected chi connectivity index (χ2v) is 8.18. The molecule has 2 bridgehead atoms. The second kappa shape index (κ2) is 5.26. The number of amides is 2. The van der Waals surface area contributed by atoms with Gasteiger partial charge in [-0.3, -0.25) is 9.59 Å². The van der Waals surface area contributed by atoms with Gasteiger partial charge in [0, 0.05) is 0 Å². The largest absolute Gasteiger partial charge is 0.318 e. The van der Waals surface area contributed by atoms with Gasteiger partial charge in [-0.2, -0.15) is 8.42 Å². The van der Waals surface area contributed by atoms with Gasteiger partial charge in [0.25, 0.3) is 11.8 Å². The highest BCUT2D eigenvalue weighted by Crippen LogP contribution is 2.49. The van der Waals surface area contributed by atoms with Crippen LogP contribution >= 0.6 is 0 Å². The quantitative estimate of drug-likeness (QED) is 0.615. The molecule has 4 atom stereocenters. The molecule has 126 valence electrons. The third-order valence-electron chi connectivity index (χ3n) is 5.20. The van der Waals surface area contributed by atoms with Crippen LogP contribution in [0.25, 0.3) is 0 Å². The smallest absolute Gasteiger partial charge is 0.272 e. The molecule has 6 nitrogen and oxygen atoms in total. The summed E-state index contributed by atoms with van der Waals surface area (Å²) < 4.78 is 29.7. The van der Waals surface area contributed by atoms with Gasteiger partial charge >= 0.3 is 10.1 Å². The molecule has 1 saturated heterocycles. The molecule has 4 unspecified atom stereocenters. The third kappa shape index (κ3) is 2.22. The molecular formula is C17H17NO5S. The van der Waals surface area contributed by atoms with E-state index in [1.165, 1.54) is 12.1 Å². The van der Waals surface area contributed by atoms with Crippen LogP contribution in [0.4, 0.5) is 0 Å². The molecule has 3 aliphatic carbocycles. The highest BCUT2D eigenvalue weighted by molar-refractivity contribution is 7.86. The van der Waals surface area contributed by atoms with Crippen molar-refractivity contribution in [2.75, 3.05) is 0 Å². The Labute approximate surface area is 140 Å². The Morgan fingerprint density at radius 1 is 0.958 bits per heavy atom. The first kappa shape index (κ1) is 15.5. The number of imide groups is 1. The number of hydrogen-bond donors (Lipinski definition) is 0. The minimum absolute atomic E-state index is 0.00729. The average molecular weight is 347 g/mol. The maximum Gasteiger partial charge on any atom is 0.318 e. The summed E-state index contributed by atoms with van der Waals surface area (Å²) in [6.07, 6.45) is 5.64. The van der Waals surface area contributed by atoms with Gasteiger partial charge in [-0.05, 0) is 43.7 Å². The van der Waals surface area contributed by atoms with Crippen molar-refractivity contribution in [2.24, 2.45) is 23.7 Å². The van der Waals surface area contributed by atoms with Gasteiger partial charge in [0.1, 0.15) is 0 Å². The monoisotopic (exact) mass is 347 g/mol. The molecule has 0 N–H and O–H groups in total. The van der Waals surface area contributed by atoms with Crippen molar-refractivity contribution in [2.45, 2.75) is 24.7 Å². The lowest BCUT2D eigenvalue weighted by Crippen LogP contribution is -2.38. The molecule has 1 aliphatic heterocycles. The van der Waals surface area contributed by atoms with Crippen LogP contribution < -0.4 is 0 Å². The van der Waals surface area contributed by atoms with E-state index in [4.69, 9.17) is 4.28 Å². The fourth-order valence-electron chi connectivity index (χ4n) is 3.97. The summed E-state index contributed by atoms with van der Waals surface area (Å²) >= 11 is 0. The third-order valence-corrected chi connectivity index (χ3v) is 6.40. The van der Waals surface area contributed by atoms with Crippen LogP contribution in [0.5, 0.6) is 0 Å². The molecule has 1 heterocycles. The topological polar surface area (TPSA) is 80.8 Å². The van der Waals surface area contributed by atoms with E-state index < -0.39 is 33.8 Å². The predicted molar refractivity (Wildman–Crippen MR) is 83.6 cm³/mol. The molecular weight excluding hydrogens is 330 g/mol. The molecule has 2 fully saturated rings. The standard InChI is InChI=1S/C17H17NO5S/c1-10-2-8-13(9-3-10)24(21,22)23-18-16(19)14-11-4-5-12(7-6-11)15(14)17(18)20/h2-5,8-9,11-12,14-15H,6-7H2,1H3. The lowest BCUT2D eigenvalue weighted by Gasteiger charge is -2.37. The van der Waals surface area contributed by atoms with Crippen molar-refractivity contribution >= 4 is 21.9 Å². The molecule has 1 aromatic rings. The zero-order valence-electron chi connectivity index (χ0n) is 13.1. The zero-order chi connectivity index (χ0) is 17.1. The zero-order valence-corrected chi connectivity index (χ0v) is 13.9. The van der Waals surface area contributed by atoms with Crippen molar-refractivity contribution in [3.05, 3.63) is 42.0 Å². The Hall–Kier alpha value is -1.99. The molecule has 24 heavy (non-hydrogen) atoms. The summed E-state index contributed by atoms with van der Waals surface area (Å²) in [6.45, 7) is 1.83. The number of carbonyl (C=O) groups excluding carboxylic acids is 2. The van der Waals surface area contributed by atoms with Gasteiger partial charge in [0.05, 0.1) is 16.7 Å². The van der Waals surface area contributed by atoms with E-state index in [1.54, 1.807) is 12.1 Å². The predicted octanol–water partition coefficient (Wildman–Crippen LogP) is 1.81. The molecule has 0 spiro atoms. The Balaban J connectivity index is 1.63. The van der Waals surface area contributed by atoms with Crippen LogP contribution in [0.3, 0.4) is 0 Å². The maximum absolute atomic E-state index is 12.6. The average Bonchev–Trinajstić information content (AvgIpc) is 2.83. The highest BCUT2D eigenvalue weighted by Gasteiger charge is 2.58. The van der Waals surface area contributed by atoms with E-state index in [-0.39, 0.29) is 16.7 Å². The molecule has 1 saturated carbocycles. The van der Waals surface area contributed by atoms with Gasteiger partial charge in [-0.1, -0.05) is 29.8 Å². The van der Waals surface area contributed by atoms with E-state index in [1.807, 2.05) is 19.1 Å². The van der Waals surface area contributed by atoms with E-state index in [2.05, 4.69) is 0 Å². The van der Waals surface area contributed by atoms with Crippen LogP contribution in [-0.4, -0.2) is 25.3 Å². The molecule has 5 rings (SSSR count). The lowest BCUT2D eigenvalue weighted by atomic mass is 9.63. The van der Waals surface area contributed by atoms with Crippen LogP contribution in [0.1, 0.15) is 18.4 Å². The van der Waals surface area contributed by atoms with E-state index in [9.17, 15) is 18.0 Å². The van der Waals surface area contributed by atoms with Gasteiger partial charge < -0.3 is 0 Å². The molecule has 0 aromatic heterocycles. The van der Waals surface area contributed by atoms with Crippen molar-refractivity contribution in [3.8, 4) is 0 Å². The fraction of sp³-hybridized carbons (Fsp3) is 0.412. The minimum atomic E-state index is -4.22. The van der Waals surface area contributed by atoms with E-state index in [0.717, 1.165) is 18.4 Å². The first-order chi connectivity index (χ1) is 11.4. The maximum atomic E-state index is 12.6. The molecule has 1 aromatic carbocycles. The second-order valence-electron chi connectivity index (χ2n) is 6.65. The van der Waals surface area contributed by atoms with E-state index in [0.29, 0.717) is 5.06 Å². The number of carbonyl (C=O) groups is 2. The number of aryl methyl sites for hydroxylation is 1. The Bertz CT molecular complexity index is 810. The van der Waals surface area contributed by atoms with Crippen LogP contribution in [-0.2, 0) is 24.0 Å². The van der Waals surface area contributed by atoms with Crippen LogP contribution in [0, 0.1) is 30.6 Å². The van der Waals surface area contributed by atoms with Crippen LogP contribution in [0.15, 0.2) is 41.3 Å². The van der Waals surface area contributed by atoms with Crippen LogP contribution in [0.2, 0.25) is 0 Å². The number of rotatable bonds is 3. The van der Waals surface area contributed by atoms with Gasteiger partial charge in [0.2, 0.25) is 0 Å². The van der Waals surface area contributed by atoms with Gasteiger partial charge in [0.15, 0.2) is 0 Å². The Morgan fingerprint density at radius 3 is 1.92 bits per heavy atom. The fourth-order valence-corrected chi connectivity index (χ4v) is 4.87. The van der Waals surface area contributed by atoms with Gasteiger partial charge in [-0.15, -0.1) is 9.35 Å². The van der Waals surface area contributed by atoms with Crippen molar-refractivity contribution < 1.29 is 22.3 Å². The summed E-state index contributed by atoms with van der Waals surface area (Å²) in [5, 5.41) is 0.475. The summed E-state index contributed by atoms with van der Waals surface area (Å²) in [5.74, 6) is -2.08. The Kier molecular flexibility index (Phi) is 3.40. The number of nitrogens with zero attached hydrogens (tertiary/aromatic N) is 1. The minimum Gasteiger partial charge on any atom is -0.272 e. The number of allylic oxidation sites excluding steroid dienone is 2. The summed E-state index contributed by atoms with van der Waals surface area (Å²) in [7, 11) is -4.22. The summed E-state index contributed by atoms with van der Waals surface area (Å²) in [6, 6.07) is 6.06. The number of benzene rings is 1. The lowest BCUT2D eigenvalue weighted by molar-refractivity contribution is -0.165.